The number of hydrogen-bond donors (Lipinski definition) is 2. The van der Waals surface area contributed by atoms with Gasteiger partial charge in [-0.3, -0.25) is 10.1 Å². The number of H-pyrrole nitrogens is 1. The first-order valence-electron chi connectivity index (χ1n) is 4.73. The summed E-state index contributed by atoms with van der Waals surface area (Å²) < 4.78 is 0.988. The van der Waals surface area contributed by atoms with E-state index in [9.17, 15) is 4.79 Å². The molecule has 16 heavy (non-hydrogen) atoms. The molecule has 2 N–H and O–H groups in total. The second-order valence-electron chi connectivity index (χ2n) is 3.36. The van der Waals surface area contributed by atoms with Gasteiger partial charge in [-0.1, -0.05) is 15.9 Å². The molecular weight excluding hydrogens is 270 g/mol. The monoisotopic (exact) mass is 279 g/mol. The summed E-state index contributed by atoms with van der Waals surface area (Å²) in [4.78, 5) is 18.5. The van der Waals surface area contributed by atoms with Crippen molar-refractivity contribution in [3.63, 3.8) is 0 Å². The van der Waals surface area contributed by atoms with Gasteiger partial charge in [-0.15, -0.1) is 0 Å². The fourth-order valence-corrected chi connectivity index (χ4v) is 1.55. The number of nitrogens with one attached hydrogen (secondary N) is 2. The molecule has 1 heterocycles. The zero-order valence-corrected chi connectivity index (χ0v) is 10.2. The second kappa shape index (κ2) is 4.49. The largest absolute Gasteiger partial charge is 0.331 e. The fraction of sp³-hybridized carbons (Fsp3) is 0.0909. The Labute approximate surface area is 101 Å². The third-order valence-corrected chi connectivity index (χ3v) is 3.04. The molecule has 1 amide bonds. The maximum atomic E-state index is 11.8. The molecule has 2 aromatic rings. The van der Waals surface area contributed by atoms with Crippen LogP contribution in [-0.4, -0.2) is 15.9 Å². The van der Waals surface area contributed by atoms with E-state index in [1.165, 1.54) is 0 Å². The van der Waals surface area contributed by atoms with Crippen LogP contribution in [0.5, 0.6) is 0 Å². The highest BCUT2D eigenvalue weighted by atomic mass is 79.9. The van der Waals surface area contributed by atoms with Crippen LogP contribution in [0.2, 0.25) is 0 Å². The van der Waals surface area contributed by atoms with Gasteiger partial charge in [-0.05, 0) is 30.7 Å². The number of aromatic amines is 1. The minimum absolute atomic E-state index is 0.175. The molecular formula is C11H10BrN3O. The molecule has 0 aliphatic rings. The molecule has 0 spiro atoms. The van der Waals surface area contributed by atoms with Crippen LogP contribution >= 0.6 is 15.9 Å². The molecule has 0 radical (unpaired) electrons. The third-order valence-electron chi connectivity index (χ3n) is 2.15. The molecule has 1 aromatic carbocycles. The van der Waals surface area contributed by atoms with Gasteiger partial charge in [0.1, 0.15) is 0 Å². The topological polar surface area (TPSA) is 57.8 Å². The molecule has 82 valence electrons. The van der Waals surface area contributed by atoms with Crippen molar-refractivity contribution in [1.29, 1.82) is 0 Å². The molecule has 0 fully saturated rings. The standard InChI is InChI=1S/C11H10BrN3O/c1-7-6-8(2-3-9(7)12)10(16)15-11-13-4-5-14-11/h2-6H,1H3,(H2,13,14,15,16). The fourth-order valence-electron chi connectivity index (χ4n) is 1.30. The van der Waals surface area contributed by atoms with E-state index in [4.69, 9.17) is 0 Å². The smallest absolute Gasteiger partial charge is 0.257 e. The molecule has 0 bridgehead atoms. The number of amides is 1. The van der Waals surface area contributed by atoms with Crippen LogP contribution in [-0.2, 0) is 0 Å². The third kappa shape index (κ3) is 2.30. The number of benzene rings is 1. The molecule has 0 unspecified atom stereocenters. The van der Waals surface area contributed by atoms with E-state index in [1.54, 1.807) is 18.5 Å². The maximum Gasteiger partial charge on any atom is 0.257 e. The maximum absolute atomic E-state index is 11.8. The lowest BCUT2D eigenvalue weighted by atomic mass is 10.1. The van der Waals surface area contributed by atoms with Crippen molar-refractivity contribution in [2.75, 3.05) is 5.32 Å². The van der Waals surface area contributed by atoms with Gasteiger partial charge >= 0.3 is 0 Å². The SMILES string of the molecule is Cc1cc(C(=O)Nc2ncc[nH]2)ccc1Br. The molecule has 0 aliphatic carbocycles. The molecule has 1 aromatic heterocycles. The van der Waals surface area contributed by atoms with Crippen molar-refractivity contribution < 1.29 is 4.79 Å². The molecule has 2 rings (SSSR count). The minimum Gasteiger partial charge on any atom is -0.331 e. The van der Waals surface area contributed by atoms with Gasteiger partial charge in [0.25, 0.3) is 5.91 Å². The van der Waals surface area contributed by atoms with Gasteiger partial charge in [-0.25, -0.2) is 4.98 Å². The van der Waals surface area contributed by atoms with Crippen molar-refractivity contribution >= 4 is 27.8 Å². The number of carbonyl (C=O) groups is 1. The highest BCUT2D eigenvalue weighted by molar-refractivity contribution is 9.10. The Morgan fingerprint density at radius 3 is 2.94 bits per heavy atom. The van der Waals surface area contributed by atoms with E-state index in [0.717, 1.165) is 10.0 Å². The summed E-state index contributed by atoms with van der Waals surface area (Å²) >= 11 is 3.39. The summed E-state index contributed by atoms with van der Waals surface area (Å²) in [7, 11) is 0. The summed E-state index contributed by atoms with van der Waals surface area (Å²) in [6.07, 6.45) is 3.24. The Balaban J connectivity index is 2.18. The van der Waals surface area contributed by atoms with Gasteiger partial charge < -0.3 is 4.98 Å². The normalized spacial score (nSPS) is 10.1. The second-order valence-corrected chi connectivity index (χ2v) is 4.21. The lowest BCUT2D eigenvalue weighted by Crippen LogP contribution is -2.13. The van der Waals surface area contributed by atoms with E-state index < -0.39 is 0 Å². The highest BCUT2D eigenvalue weighted by Gasteiger charge is 2.08. The van der Waals surface area contributed by atoms with Crippen LogP contribution in [0, 0.1) is 6.92 Å². The van der Waals surface area contributed by atoms with Crippen LogP contribution in [0.15, 0.2) is 35.1 Å². The average molecular weight is 280 g/mol. The van der Waals surface area contributed by atoms with Crippen LogP contribution < -0.4 is 5.32 Å². The lowest BCUT2D eigenvalue weighted by molar-refractivity contribution is 0.102. The Morgan fingerprint density at radius 1 is 1.50 bits per heavy atom. The molecule has 0 saturated heterocycles. The van der Waals surface area contributed by atoms with E-state index in [1.807, 2.05) is 19.1 Å². The Morgan fingerprint density at radius 2 is 2.31 bits per heavy atom. The lowest BCUT2D eigenvalue weighted by Gasteiger charge is -2.04. The number of aryl methyl sites for hydroxylation is 1. The first-order chi connectivity index (χ1) is 7.66. The summed E-state index contributed by atoms with van der Waals surface area (Å²) in [5, 5.41) is 2.66. The minimum atomic E-state index is -0.175. The predicted molar refractivity (Wildman–Crippen MR) is 65.4 cm³/mol. The molecule has 0 aliphatic heterocycles. The Kier molecular flexibility index (Phi) is 3.05. The van der Waals surface area contributed by atoms with Gasteiger partial charge in [0.2, 0.25) is 5.95 Å². The van der Waals surface area contributed by atoms with Crippen LogP contribution in [0.25, 0.3) is 0 Å². The average Bonchev–Trinajstić information content (AvgIpc) is 2.74. The number of nitrogens with zero attached hydrogens (tertiary/aromatic N) is 1. The van der Waals surface area contributed by atoms with E-state index in [-0.39, 0.29) is 5.91 Å². The van der Waals surface area contributed by atoms with Crippen LogP contribution in [0.4, 0.5) is 5.95 Å². The van der Waals surface area contributed by atoms with Crippen LogP contribution in [0.1, 0.15) is 15.9 Å². The summed E-state index contributed by atoms with van der Waals surface area (Å²) in [5.74, 6) is 0.274. The van der Waals surface area contributed by atoms with Gasteiger partial charge in [0.15, 0.2) is 0 Å². The zero-order valence-electron chi connectivity index (χ0n) is 8.62. The number of imidazole rings is 1. The van der Waals surface area contributed by atoms with E-state index >= 15 is 0 Å². The van der Waals surface area contributed by atoms with Gasteiger partial charge in [0, 0.05) is 22.4 Å². The Hall–Kier alpha value is -1.62. The van der Waals surface area contributed by atoms with E-state index in [0.29, 0.717) is 11.5 Å². The van der Waals surface area contributed by atoms with E-state index in [2.05, 4.69) is 31.2 Å². The molecule has 0 atom stereocenters. The van der Waals surface area contributed by atoms with Gasteiger partial charge in [-0.2, -0.15) is 0 Å². The zero-order chi connectivity index (χ0) is 11.5. The first-order valence-corrected chi connectivity index (χ1v) is 5.53. The predicted octanol–water partition coefficient (Wildman–Crippen LogP) is 2.73. The van der Waals surface area contributed by atoms with Crippen molar-refractivity contribution in [3.8, 4) is 0 Å². The number of hydrogen-bond acceptors (Lipinski definition) is 2. The Bertz CT molecular complexity index is 508. The van der Waals surface area contributed by atoms with Gasteiger partial charge in [0.05, 0.1) is 0 Å². The van der Waals surface area contributed by atoms with Crippen LogP contribution in [0.3, 0.4) is 0 Å². The first kappa shape index (κ1) is 10.9. The summed E-state index contributed by atoms with van der Waals surface area (Å²) in [5.41, 5.74) is 1.63. The number of carbonyl (C=O) groups excluding carboxylic acids is 1. The summed E-state index contributed by atoms with van der Waals surface area (Å²) in [6, 6.07) is 5.43. The van der Waals surface area contributed by atoms with Crippen molar-refractivity contribution in [1.82, 2.24) is 9.97 Å². The molecule has 5 heteroatoms. The quantitative estimate of drug-likeness (QED) is 0.888. The molecule has 0 saturated carbocycles. The van der Waals surface area contributed by atoms with Crippen molar-refractivity contribution in [3.05, 3.63) is 46.2 Å². The number of anilines is 1. The number of aromatic nitrogens is 2. The van der Waals surface area contributed by atoms with Crippen molar-refractivity contribution in [2.45, 2.75) is 6.92 Å². The molecule has 4 nitrogen and oxygen atoms in total. The van der Waals surface area contributed by atoms with Crippen molar-refractivity contribution in [2.24, 2.45) is 0 Å². The number of halogens is 1. The number of rotatable bonds is 2. The summed E-state index contributed by atoms with van der Waals surface area (Å²) in [6.45, 7) is 1.94. The highest BCUT2D eigenvalue weighted by Crippen LogP contribution is 2.17.